The van der Waals surface area contributed by atoms with Crippen molar-refractivity contribution in [3.8, 4) is 0 Å². The maximum absolute atomic E-state index is 11.5. The van der Waals surface area contributed by atoms with Gasteiger partial charge < -0.3 is 14.4 Å². The van der Waals surface area contributed by atoms with Crippen molar-refractivity contribution >= 4 is 39.2 Å². The summed E-state index contributed by atoms with van der Waals surface area (Å²) in [5.41, 5.74) is 3.22. The third-order valence-electron chi connectivity index (χ3n) is 4.68. The van der Waals surface area contributed by atoms with Crippen LogP contribution in [0.4, 0.5) is 13.2 Å². The monoisotopic (exact) mass is 498 g/mol. The van der Waals surface area contributed by atoms with Crippen LogP contribution in [0.2, 0.25) is 10.0 Å². The molecule has 0 aliphatic carbocycles. The summed E-state index contributed by atoms with van der Waals surface area (Å²) in [4.78, 5) is 8.90. The van der Waals surface area contributed by atoms with Crippen molar-refractivity contribution in [1.82, 2.24) is 0 Å². The van der Waals surface area contributed by atoms with E-state index < -0.39 is 22.2 Å². The summed E-state index contributed by atoms with van der Waals surface area (Å²) in [6.07, 6.45) is -5.19. The van der Waals surface area contributed by atoms with Crippen molar-refractivity contribution in [3.05, 3.63) is 63.1 Å². The van der Waals surface area contributed by atoms with Gasteiger partial charge in [-0.25, -0.2) is 13.6 Å². The van der Waals surface area contributed by atoms with E-state index in [9.17, 15) is 21.6 Å². The normalized spacial score (nSPS) is 17.9. The molecule has 1 aliphatic rings. The first-order valence-electron chi connectivity index (χ1n) is 8.72. The zero-order chi connectivity index (χ0) is 23.8. The Hall–Kier alpha value is -1.85. The standard InChI is InChI=1S/C17H19Cl2N2O2S.C2HF3O2/c1-21(2)9-15(11-3-5-13(6-4-11)24(20,22)23)14-7-12(18)8-17(19)16(14)10-21;3-2(4,5)1(6)7/h3-8,15H,9-10H2,1-2H3,(H2,20,22,23);(H,6,7)/q+1;/p-1. The van der Waals surface area contributed by atoms with Crippen LogP contribution in [-0.2, 0) is 21.4 Å². The molecular formula is C19H19Cl2F3N2O4S. The molecule has 0 aromatic heterocycles. The van der Waals surface area contributed by atoms with E-state index in [0.717, 1.165) is 34.3 Å². The molecule has 170 valence electrons. The minimum atomic E-state index is -5.19. The molecule has 0 spiro atoms. The van der Waals surface area contributed by atoms with Gasteiger partial charge in [-0.05, 0) is 35.4 Å². The summed E-state index contributed by atoms with van der Waals surface area (Å²) in [5, 5.41) is 15.2. The molecule has 1 aliphatic heterocycles. The lowest BCUT2D eigenvalue weighted by Crippen LogP contribution is -2.46. The molecule has 2 N–H and O–H groups in total. The lowest BCUT2D eigenvalue weighted by atomic mass is 9.84. The molecule has 1 atom stereocenters. The predicted octanol–water partition coefficient (Wildman–Crippen LogP) is 2.66. The highest BCUT2D eigenvalue weighted by atomic mass is 35.5. The van der Waals surface area contributed by atoms with Crippen LogP contribution < -0.4 is 10.2 Å². The highest BCUT2D eigenvalue weighted by molar-refractivity contribution is 7.89. The van der Waals surface area contributed by atoms with E-state index in [1.54, 1.807) is 18.2 Å². The van der Waals surface area contributed by atoms with Crippen LogP contribution in [-0.4, -0.2) is 45.7 Å². The Balaban J connectivity index is 0.000000423. The Morgan fingerprint density at radius 1 is 1.16 bits per heavy atom. The number of carbonyl (C=O) groups excluding carboxylic acids is 1. The van der Waals surface area contributed by atoms with Gasteiger partial charge in [0.05, 0.1) is 36.5 Å². The molecule has 0 amide bonds. The summed E-state index contributed by atoms with van der Waals surface area (Å²) < 4.78 is 55.2. The number of carbonyl (C=O) groups is 1. The Kier molecular flexibility index (Phi) is 7.34. The number of carboxylic acid groups (broad SMARTS) is 1. The van der Waals surface area contributed by atoms with E-state index in [0.29, 0.717) is 10.0 Å². The van der Waals surface area contributed by atoms with Crippen molar-refractivity contribution < 1.29 is 36.0 Å². The highest BCUT2D eigenvalue weighted by Gasteiger charge is 2.35. The third-order valence-corrected chi connectivity index (χ3v) is 6.16. The topological polar surface area (TPSA) is 100 Å². The number of alkyl halides is 3. The van der Waals surface area contributed by atoms with E-state index in [4.69, 9.17) is 38.2 Å². The number of benzene rings is 2. The molecule has 0 radical (unpaired) electrons. The van der Waals surface area contributed by atoms with Crippen LogP contribution >= 0.6 is 23.2 Å². The Bertz CT molecular complexity index is 1090. The molecule has 2 aromatic rings. The van der Waals surface area contributed by atoms with Gasteiger partial charge in [0.2, 0.25) is 10.0 Å². The molecular weight excluding hydrogens is 480 g/mol. The van der Waals surface area contributed by atoms with Crippen molar-refractivity contribution in [1.29, 1.82) is 0 Å². The SMILES string of the molecule is C[N+]1(C)Cc2c(Cl)cc(Cl)cc2C(c2ccc(S(N)(=O)=O)cc2)C1.O=C([O-])C(F)(F)F. The number of carboxylic acids is 1. The number of sulfonamides is 1. The number of aliphatic carboxylic acids is 1. The number of nitrogens with zero attached hydrogens (tertiary/aromatic N) is 1. The molecule has 0 fully saturated rings. The highest BCUT2D eigenvalue weighted by Crippen LogP contribution is 2.40. The smallest absolute Gasteiger partial charge is 0.430 e. The minimum absolute atomic E-state index is 0.0921. The van der Waals surface area contributed by atoms with Gasteiger partial charge in [-0.15, -0.1) is 0 Å². The van der Waals surface area contributed by atoms with E-state index >= 15 is 0 Å². The number of hydrogen-bond acceptors (Lipinski definition) is 4. The number of quaternary nitrogens is 1. The van der Waals surface area contributed by atoms with Gasteiger partial charge in [0.1, 0.15) is 12.5 Å². The number of rotatable bonds is 2. The van der Waals surface area contributed by atoms with E-state index in [1.165, 1.54) is 0 Å². The average molecular weight is 499 g/mol. The second-order valence-electron chi connectivity index (χ2n) is 7.68. The van der Waals surface area contributed by atoms with Crippen LogP contribution in [0.5, 0.6) is 0 Å². The van der Waals surface area contributed by atoms with E-state index in [-0.39, 0.29) is 10.8 Å². The van der Waals surface area contributed by atoms with Crippen LogP contribution in [0, 0.1) is 0 Å². The maximum atomic E-state index is 11.5. The van der Waals surface area contributed by atoms with Gasteiger partial charge in [0.25, 0.3) is 0 Å². The minimum Gasteiger partial charge on any atom is -0.542 e. The van der Waals surface area contributed by atoms with Crippen LogP contribution in [0.15, 0.2) is 41.3 Å². The maximum Gasteiger partial charge on any atom is 0.430 e. The first kappa shape index (κ1) is 25.4. The predicted molar refractivity (Wildman–Crippen MR) is 108 cm³/mol. The van der Waals surface area contributed by atoms with Crippen LogP contribution in [0.1, 0.15) is 22.6 Å². The molecule has 0 saturated heterocycles. The largest absolute Gasteiger partial charge is 0.542 e. The molecule has 31 heavy (non-hydrogen) atoms. The van der Waals surface area contributed by atoms with E-state index in [1.807, 2.05) is 18.2 Å². The number of halogens is 5. The van der Waals surface area contributed by atoms with Crippen molar-refractivity contribution in [2.75, 3.05) is 20.6 Å². The number of fused-ring (bicyclic) bond motifs is 1. The quantitative estimate of drug-likeness (QED) is 0.643. The second kappa shape index (κ2) is 8.95. The first-order valence-corrected chi connectivity index (χ1v) is 11.0. The zero-order valence-electron chi connectivity index (χ0n) is 16.4. The molecule has 3 rings (SSSR count). The van der Waals surface area contributed by atoms with E-state index in [2.05, 4.69) is 14.1 Å². The summed E-state index contributed by atoms with van der Waals surface area (Å²) in [6, 6.07) is 10.5. The summed E-state index contributed by atoms with van der Waals surface area (Å²) in [7, 11) is 0.612. The number of hydrogen-bond donors (Lipinski definition) is 1. The molecule has 2 aromatic carbocycles. The molecule has 1 unspecified atom stereocenters. The van der Waals surface area contributed by atoms with Gasteiger partial charge in [-0.3, -0.25) is 0 Å². The van der Waals surface area contributed by atoms with Gasteiger partial charge in [-0.1, -0.05) is 35.3 Å². The van der Waals surface area contributed by atoms with Crippen molar-refractivity contribution in [2.45, 2.75) is 23.5 Å². The summed E-state index contributed by atoms with van der Waals surface area (Å²) >= 11 is 12.6. The number of likely N-dealkylation sites (N-methyl/N-ethyl adjacent to an activating group) is 1. The lowest BCUT2D eigenvalue weighted by molar-refractivity contribution is -0.906. The van der Waals surface area contributed by atoms with Crippen LogP contribution in [0.25, 0.3) is 0 Å². The van der Waals surface area contributed by atoms with Crippen LogP contribution in [0.3, 0.4) is 0 Å². The molecule has 1 heterocycles. The summed E-state index contributed by atoms with van der Waals surface area (Å²) in [5.74, 6) is -2.91. The Morgan fingerprint density at radius 3 is 2.13 bits per heavy atom. The van der Waals surface area contributed by atoms with Gasteiger partial charge >= 0.3 is 6.18 Å². The van der Waals surface area contributed by atoms with Crippen molar-refractivity contribution in [3.63, 3.8) is 0 Å². The van der Waals surface area contributed by atoms with Crippen molar-refractivity contribution in [2.24, 2.45) is 5.14 Å². The molecule has 6 nitrogen and oxygen atoms in total. The fraction of sp³-hybridized carbons (Fsp3) is 0.316. The number of primary sulfonamides is 1. The third kappa shape index (κ3) is 6.56. The lowest BCUT2D eigenvalue weighted by Gasteiger charge is -2.40. The van der Waals surface area contributed by atoms with Gasteiger partial charge in [0, 0.05) is 10.6 Å². The molecule has 0 bridgehead atoms. The Morgan fingerprint density at radius 2 is 1.68 bits per heavy atom. The summed E-state index contributed by atoms with van der Waals surface area (Å²) in [6.45, 7) is 1.70. The number of nitrogens with two attached hydrogens (primary N) is 1. The van der Waals surface area contributed by atoms with Gasteiger partial charge in [-0.2, -0.15) is 13.2 Å². The fourth-order valence-corrected chi connectivity index (χ4v) is 4.45. The fourth-order valence-electron chi connectivity index (χ4n) is 3.36. The second-order valence-corrected chi connectivity index (χ2v) is 10.1. The molecule has 0 saturated carbocycles. The first-order chi connectivity index (χ1) is 14.0. The Labute approximate surface area is 187 Å². The van der Waals surface area contributed by atoms with Gasteiger partial charge in [0.15, 0.2) is 0 Å². The zero-order valence-corrected chi connectivity index (χ0v) is 18.7. The molecule has 12 heteroatoms. The average Bonchev–Trinajstić information content (AvgIpc) is 2.61.